The molecule has 0 aliphatic rings. The quantitative estimate of drug-likeness (QED) is 0.678. The molecule has 3 rings (SSSR count). The van der Waals surface area contributed by atoms with Gasteiger partial charge in [-0.3, -0.25) is 9.32 Å². The summed E-state index contributed by atoms with van der Waals surface area (Å²) in [5.74, 6) is -0.684. The Labute approximate surface area is 147 Å². The molecular formula is C17H14N4O3S. The van der Waals surface area contributed by atoms with Gasteiger partial charge in [-0.2, -0.15) is 5.26 Å². The number of nitriles is 1. The van der Waals surface area contributed by atoms with Gasteiger partial charge in [0.1, 0.15) is 6.54 Å². The molecule has 8 heteroatoms. The lowest BCUT2D eigenvalue weighted by molar-refractivity contribution is -0.119. The van der Waals surface area contributed by atoms with Crippen molar-refractivity contribution in [2.24, 2.45) is 0 Å². The van der Waals surface area contributed by atoms with Gasteiger partial charge in [0.05, 0.1) is 17.4 Å². The first-order valence-electron chi connectivity index (χ1n) is 7.53. The second-order valence-corrected chi connectivity index (χ2v) is 6.07. The molecule has 0 unspecified atom stereocenters. The van der Waals surface area contributed by atoms with Crippen LogP contribution in [0, 0.1) is 11.3 Å². The number of nitrogens with zero attached hydrogens (tertiary/aromatic N) is 4. The van der Waals surface area contributed by atoms with Crippen molar-refractivity contribution < 1.29 is 9.32 Å². The lowest BCUT2D eigenvalue weighted by Crippen LogP contribution is -2.36. The smallest absolute Gasteiger partial charge is 0.310 e. The number of anilines is 1. The molecular weight excluding hydrogens is 340 g/mol. The maximum absolute atomic E-state index is 12.8. The van der Waals surface area contributed by atoms with Crippen LogP contribution in [-0.2, 0) is 11.3 Å². The molecule has 0 saturated heterocycles. The third-order valence-corrected chi connectivity index (χ3v) is 4.40. The predicted octanol–water partition coefficient (Wildman–Crippen LogP) is 2.51. The molecule has 1 amide bonds. The zero-order valence-electron chi connectivity index (χ0n) is 13.2. The number of hydrogen-bond donors (Lipinski definition) is 0. The third kappa shape index (κ3) is 3.67. The van der Waals surface area contributed by atoms with E-state index in [1.54, 1.807) is 18.2 Å². The molecule has 126 valence electrons. The molecule has 0 aliphatic carbocycles. The minimum Gasteiger partial charge on any atom is -0.310 e. The molecule has 3 aromatic rings. The molecule has 2 heterocycles. The van der Waals surface area contributed by atoms with E-state index in [1.165, 1.54) is 20.8 Å². The van der Waals surface area contributed by atoms with E-state index in [-0.39, 0.29) is 25.4 Å². The van der Waals surface area contributed by atoms with Crippen molar-refractivity contribution >= 4 is 22.9 Å². The highest BCUT2D eigenvalue weighted by molar-refractivity contribution is 7.13. The van der Waals surface area contributed by atoms with Gasteiger partial charge in [0, 0.05) is 12.2 Å². The van der Waals surface area contributed by atoms with Crippen LogP contribution in [0.3, 0.4) is 0 Å². The molecule has 0 saturated carbocycles. The number of carbonyl (C=O) groups is 1. The van der Waals surface area contributed by atoms with E-state index >= 15 is 0 Å². The van der Waals surface area contributed by atoms with E-state index < -0.39 is 5.76 Å². The lowest BCUT2D eigenvalue weighted by Gasteiger charge is -2.21. The van der Waals surface area contributed by atoms with Crippen molar-refractivity contribution in [2.45, 2.75) is 13.0 Å². The Morgan fingerprint density at radius 2 is 2.08 bits per heavy atom. The molecule has 2 aromatic heterocycles. The summed E-state index contributed by atoms with van der Waals surface area (Å²) in [5, 5.41) is 14.5. The topological polar surface area (TPSA) is 92.1 Å². The SMILES string of the molecule is N#CCCN(C(=O)Cn1c(-c2cccs2)noc1=O)c1ccccc1. The van der Waals surface area contributed by atoms with Gasteiger partial charge in [0.25, 0.3) is 0 Å². The average molecular weight is 354 g/mol. The number of para-hydroxylation sites is 1. The van der Waals surface area contributed by atoms with Gasteiger partial charge in [0.15, 0.2) is 5.82 Å². The fraction of sp³-hybridized carbons (Fsp3) is 0.176. The van der Waals surface area contributed by atoms with Gasteiger partial charge in [0.2, 0.25) is 5.91 Å². The summed E-state index contributed by atoms with van der Waals surface area (Å²) in [6.07, 6.45) is 0.191. The molecule has 0 radical (unpaired) electrons. The van der Waals surface area contributed by atoms with Crippen molar-refractivity contribution in [2.75, 3.05) is 11.4 Å². The Kier molecular flexibility index (Phi) is 5.06. The summed E-state index contributed by atoms with van der Waals surface area (Å²) < 4.78 is 5.93. The van der Waals surface area contributed by atoms with E-state index in [9.17, 15) is 9.59 Å². The van der Waals surface area contributed by atoms with Crippen molar-refractivity contribution in [3.05, 3.63) is 58.4 Å². The van der Waals surface area contributed by atoms with Gasteiger partial charge in [-0.1, -0.05) is 29.4 Å². The summed E-state index contributed by atoms with van der Waals surface area (Å²) in [4.78, 5) is 27.0. The predicted molar refractivity (Wildman–Crippen MR) is 93.1 cm³/mol. The molecule has 0 spiro atoms. The highest BCUT2D eigenvalue weighted by atomic mass is 32.1. The van der Waals surface area contributed by atoms with Gasteiger partial charge < -0.3 is 4.90 Å². The highest BCUT2D eigenvalue weighted by Crippen LogP contribution is 2.22. The van der Waals surface area contributed by atoms with E-state index in [0.717, 1.165) is 4.88 Å². The highest BCUT2D eigenvalue weighted by Gasteiger charge is 2.21. The van der Waals surface area contributed by atoms with Crippen LogP contribution in [0.5, 0.6) is 0 Å². The molecule has 1 aromatic carbocycles. The normalized spacial score (nSPS) is 10.4. The van der Waals surface area contributed by atoms with E-state index in [4.69, 9.17) is 9.78 Å². The Bertz CT molecular complexity index is 938. The molecule has 25 heavy (non-hydrogen) atoms. The van der Waals surface area contributed by atoms with Crippen LogP contribution in [0.1, 0.15) is 6.42 Å². The first-order valence-corrected chi connectivity index (χ1v) is 8.41. The standard InChI is InChI=1S/C17H14N4O3S/c18-9-5-10-20(13-6-2-1-3-7-13)15(22)12-21-16(19-24-17(21)23)14-8-4-11-25-14/h1-4,6-8,11H,5,10,12H2. The maximum Gasteiger partial charge on any atom is 0.442 e. The first-order chi connectivity index (χ1) is 12.2. The summed E-state index contributed by atoms with van der Waals surface area (Å²) >= 11 is 1.40. The molecule has 0 N–H and O–H groups in total. The number of hydrogen-bond acceptors (Lipinski definition) is 6. The maximum atomic E-state index is 12.8. The minimum atomic E-state index is -0.690. The zero-order chi connectivity index (χ0) is 17.6. The second-order valence-electron chi connectivity index (χ2n) is 5.12. The lowest BCUT2D eigenvalue weighted by atomic mass is 10.2. The van der Waals surface area contributed by atoms with Crippen LogP contribution < -0.4 is 10.7 Å². The Hall–Kier alpha value is -3.18. The number of benzene rings is 1. The van der Waals surface area contributed by atoms with Crippen molar-refractivity contribution in [1.82, 2.24) is 9.72 Å². The van der Waals surface area contributed by atoms with Gasteiger partial charge in [-0.15, -0.1) is 11.3 Å². The Morgan fingerprint density at radius 1 is 1.28 bits per heavy atom. The summed E-state index contributed by atoms with van der Waals surface area (Å²) in [5.41, 5.74) is 0.671. The minimum absolute atomic E-state index is 0.191. The third-order valence-electron chi connectivity index (χ3n) is 3.54. The molecule has 7 nitrogen and oxygen atoms in total. The van der Waals surface area contributed by atoms with Gasteiger partial charge in [-0.25, -0.2) is 9.36 Å². The number of carbonyl (C=O) groups excluding carboxylic acids is 1. The summed E-state index contributed by atoms with van der Waals surface area (Å²) in [7, 11) is 0. The molecule has 0 atom stereocenters. The van der Waals surface area contributed by atoms with Crippen LogP contribution in [0.4, 0.5) is 5.69 Å². The van der Waals surface area contributed by atoms with Crippen molar-refractivity contribution in [3.63, 3.8) is 0 Å². The number of aromatic nitrogens is 2. The van der Waals surface area contributed by atoms with Crippen LogP contribution >= 0.6 is 11.3 Å². The largest absolute Gasteiger partial charge is 0.442 e. The van der Waals surface area contributed by atoms with Gasteiger partial charge in [-0.05, 0) is 23.6 Å². The average Bonchev–Trinajstić information content (AvgIpc) is 3.27. The second kappa shape index (κ2) is 7.59. The molecule has 0 bridgehead atoms. The summed E-state index contributed by atoms with van der Waals surface area (Å²) in [6, 6.07) is 14.7. The molecule has 0 fully saturated rings. The van der Waals surface area contributed by atoms with E-state index in [1.807, 2.05) is 35.7 Å². The number of amides is 1. The van der Waals surface area contributed by atoms with Crippen LogP contribution in [-0.4, -0.2) is 22.2 Å². The number of rotatable bonds is 6. The van der Waals surface area contributed by atoms with Crippen molar-refractivity contribution in [3.8, 4) is 16.8 Å². The summed E-state index contributed by atoms with van der Waals surface area (Å²) in [6.45, 7) is 0.0314. The molecule has 0 aliphatic heterocycles. The van der Waals surface area contributed by atoms with Crippen LogP contribution in [0.25, 0.3) is 10.7 Å². The number of thiophene rings is 1. The van der Waals surface area contributed by atoms with E-state index in [2.05, 4.69) is 5.16 Å². The Balaban J connectivity index is 1.89. The fourth-order valence-electron chi connectivity index (χ4n) is 2.38. The van der Waals surface area contributed by atoms with Gasteiger partial charge >= 0.3 is 5.76 Å². The van der Waals surface area contributed by atoms with E-state index in [0.29, 0.717) is 11.5 Å². The van der Waals surface area contributed by atoms with Crippen LogP contribution in [0.15, 0.2) is 57.2 Å². The fourth-order valence-corrected chi connectivity index (χ4v) is 3.09. The zero-order valence-corrected chi connectivity index (χ0v) is 14.0. The first kappa shape index (κ1) is 16.7. The van der Waals surface area contributed by atoms with Crippen LogP contribution in [0.2, 0.25) is 0 Å². The monoisotopic (exact) mass is 354 g/mol. The van der Waals surface area contributed by atoms with Crippen molar-refractivity contribution in [1.29, 1.82) is 5.26 Å². The Morgan fingerprint density at radius 3 is 2.76 bits per heavy atom.